The molecule has 0 heterocycles. The standard InChI is InChI=1S/C14H28N2O3/c1-14(2,3)19-13(17)16-18-11-7-10-15-12-8-5-4-6-9-12/h12,15H,4-11H2,1-3H3,(H,16,17). The molecule has 5 nitrogen and oxygen atoms in total. The number of carbonyl (C=O) groups excluding carboxylic acids is 1. The van der Waals surface area contributed by atoms with Gasteiger partial charge < -0.3 is 10.1 Å². The molecule has 1 amide bonds. The van der Waals surface area contributed by atoms with Gasteiger partial charge in [-0.25, -0.2) is 4.79 Å². The van der Waals surface area contributed by atoms with E-state index < -0.39 is 11.7 Å². The lowest BCUT2D eigenvalue weighted by molar-refractivity contribution is -0.00828. The predicted molar refractivity (Wildman–Crippen MR) is 74.8 cm³/mol. The van der Waals surface area contributed by atoms with Crippen molar-refractivity contribution in [3.8, 4) is 0 Å². The van der Waals surface area contributed by atoms with Crippen LogP contribution >= 0.6 is 0 Å². The number of ether oxygens (including phenoxy) is 1. The van der Waals surface area contributed by atoms with Gasteiger partial charge in [-0.2, -0.15) is 5.48 Å². The first kappa shape index (κ1) is 16.2. The maximum absolute atomic E-state index is 11.3. The molecule has 1 saturated carbocycles. The lowest BCUT2D eigenvalue weighted by Gasteiger charge is -2.22. The minimum absolute atomic E-state index is 0.490. The van der Waals surface area contributed by atoms with Crippen LogP contribution in [0, 0.1) is 0 Å². The molecule has 112 valence electrons. The van der Waals surface area contributed by atoms with E-state index in [0.29, 0.717) is 12.6 Å². The number of hydrogen-bond donors (Lipinski definition) is 2. The van der Waals surface area contributed by atoms with Crippen LogP contribution in [0.2, 0.25) is 0 Å². The molecule has 0 aliphatic heterocycles. The molecule has 0 unspecified atom stereocenters. The first-order valence-corrected chi connectivity index (χ1v) is 7.31. The van der Waals surface area contributed by atoms with Crippen molar-refractivity contribution in [3.05, 3.63) is 0 Å². The van der Waals surface area contributed by atoms with Gasteiger partial charge in [0.15, 0.2) is 0 Å². The van der Waals surface area contributed by atoms with Crippen LogP contribution in [0.15, 0.2) is 0 Å². The Balaban J connectivity index is 1.92. The molecule has 1 fully saturated rings. The summed E-state index contributed by atoms with van der Waals surface area (Å²) in [5, 5.41) is 3.52. The molecule has 5 heteroatoms. The second-order valence-electron chi connectivity index (χ2n) is 6.10. The molecule has 0 saturated heterocycles. The van der Waals surface area contributed by atoms with E-state index in [0.717, 1.165) is 13.0 Å². The van der Waals surface area contributed by atoms with Gasteiger partial charge in [0, 0.05) is 6.04 Å². The fraction of sp³-hybridized carbons (Fsp3) is 0.929. The van der Waals surface area contributed by atoms with Crippen molar-refractivity contribution < 1.29 is 14.4 Å². The Kier molecular flexibility index (Phi) is 7.16. The van der Waals surface area contributed by atoms with Crippen LogP contribution in [0.3, 0.4) is 0 Å². The number of amides is 1. The lowest BCUT2D eigenvalue weighted by Crippen LogP contribution is -2.34. The molecule has 0 bridgehead atoms. The van der Waals surface area contributed by atoms with E-state index in [1.165, 1.54) is 32.1 Å². The Labute approximate surface area is 116 Å². The van der Waals surface area contributed by atoms with E-state index in [2.05, 4.69) is 10.8 Å². The number of carbonyl (C=O) groups is 1. The van der Waals surface area contributed by atoms with E-state index in [4.69, 9.17) is 9.57 Å². The zero-order valence-corrected chi connectivity index (χ0v) is 12.5. The van der Waals surface area contributed by atoms with Crippen LogP contribution in [0.5, 0.6) is 0 Å². The first-order chi connectivity index (χ1) is 8.97. The van der Waals surface area contributed by atoms with Crippen LogP contribution in [0.25, 0.3) is 0 Å². The largest absolute Gasteiger partial charge is 0.442 e. The van der Waals surface area contributed by atoms with Crippen molar-refractivity contribution in [3.63, 3.8) is 0 Å². The van der Waals surface area contributed by atoms with Gasteiger partial charge in [0.1, 0.15) is 5.60 Å². The molecule has 0 aromatic carbocycles. The average molecular weight is 272 g/mol. The van der Waals surface area contributed by atoms with Crippen LogP contribution in [-0.2, 0) is 9.57 Å². The first-order valence-electron chi connectivity index (χ1n) is 7.31. The van der Waals surface area contributed by atoms with Gasteiger partial charge >= 0.3 is 6.09 Å². The van der Waals surface area contributed by atoms with Gasteiger partial charge in [0.05, 0.1) is 6.61 Å². The summed E-state index contributed by atoms with van der Waals surface area (Å²) in [6.45, 7) is 6.89. The Bertz CT molecular complexity index is 258. The van der Waals surface area contributed by atoms with E-state index in [1.54, 1.807) is 0 Å². The number of nitrogens with one attached hydrogen (secondary N) is 2. The fourth-order valence-corrected chi connectivity index (χ4v) is 2.17. The van der Waals surface area contributed by atoms with E-state index in [1.807, 2.05) is 20.8 Å². The number of hydrogen-bond acceptors (Lipinski definition) is 4. The molecule has 1 rings (SSSR count). The average Bonchev–Trinajstić information content (AvgIpc) is 2.32. The summed E-state index contributed by atoms with van der Waals surface area (Å²) >= 11 is 0. The maximum atomic E-state index is 11.3. The maximum Gasteiger partial charge on any atom is 0.431 e. The van der Waals surface area contributed by atoms with Gasteiger partial charge in [-0.05, 0) is 46.6 Å². The Hall–Kier alpha value is -0.810. The van der Waals surface area contributed by atoms with Gasteiger partial charge in [-0.15, -0.1) is 0 Å². The third kappa shape index (κ3) is 8.83. The van der Waals surface area contributed by atoms with Gasteiger partial charge in [0.2, 0.25) is 0 Å². The number of rotatable bonds is 6. The highest BCUT2D eigenvalue weighted by Crippen LogP contribution is 2.17. The fourth-order valence-electron chi connectivity index (χ4n) is 2.17. The minimum Gasteiger partial charge on any atom is -0.442 e. The summed E-state index contributed by atoms with van der Waals surface area (Å²) in [7, 11) is 0. The summed E-state index contributed by atoms with van der Waals surface area (Å²) in [6.07, 6.45) is 6.98. The van der Waals surface area contributed by atoms with Gasteiger partial charge in [0.25, 0.3) is 0 Å². The van der Waals surface area contributed by atoms with Crippen molar-refractivity contribution in [2.24, 2.45) is 0 Å². The minimum atomic E-state index is -0.535. The molecule has 0 radical (unpaired) electrons. The predicted octanol–water partition coefficient (Wildman–Crippen LogP) is 2.76. The quantitative estimate of drug-likeness (QED) is 0.576. The molecule has 2 N–H and O–H groups in total. The summed E-state index contributed by atoms with van der Waals surface area (Å²) in [6, 6.07) is 0.674. The van der Waals surface area contributed by atoms with Gasteiger partial charge in [-0.3, -0.25) is 4.84 Å². The van der Waals surface area contributed by atoms with Crippen molar-refractivity contribution in [2.45, 2.75) is 70.9 Å². The van der Waals surface area contributed by atoms with Crippen LogP contribution in [-0.4, -0.2) is 30.9 Å². The zero-order chi connectivity index (χ0) is 14.1. The topological polar surface area (TPSA) is 59.6 Å². The third-order valence-corrected chi connectivity index (χ3v) is 3.02. The second kappa shape index (κ2) is 8.38. The van der Waals surface area contributed by atoms with E-state index in [9.17, 15) is 4.79 Å². The molecule has 0 atom stereocenters. The van der Waals surface area contributed by atoms with Crippen molar-refractivity contribution in [2.75, 3.05) is 13.2 Å². The smallest absolute Gasteiger partial charge is 0.431 e. The molecule has 0 aromatic rings. The zero-order valence-electron chi connectivity index (χ0n) is 12.5. The highest BCUT2D eigenvalue weighted by Gasteiger charge is 2.16. The summed E-state index contributed by atoms with van der Waals surface area (Å²) in [5.74, 6) is 0. The Morgan fingerprint density at radius 2 is 1.89 bits per heavy atom. The molecule has 1 aliphatic carbocycles. The monoisotopic (exact) mass is 272 g/mol. The van der Waals surface area contributed by atoms with Crippen molar-refractivity contribution in [1.29, 1.82) is 0 Å². The normalized spacial score (nSPS) is 17.2. The summed E-state index contributed by atoms with van der Waals surface area (Å²) in [5.41, 5.74) is 1.80. The second-order valence-corrected chi connectivity index (χ2v) is 6.10. The van der Waals surface area contributed by atoms with Crippen LogP contribution in [0.1, 0.15) is 59.3 Å². The molecule has 1 aliphatic rings. The summed E-state index contributed by atoms with van der Waals surface area (Å²) < 4.78 is 5.05. The molecule has 0 aromatic heterocycles. The van der Waals surface area contributed by atoms with E-state index >= 15 is 0 Å². The molecule has 0 spiro atoms. The molecular weight excluding hydrogens is 244 g/mol. The highest BCUT2D eigenvalue weighted by atomic mass is 16.7. The Morgan fingerprint density at radius 1 is 1.21 bits per heavy atom. The van der Waals surface area contributed by atoms with E-state index in [-0.39, 0.29) is 0 Å². The van der Waals surface area contributed by atoms with Crippen molar-refractivity contribution >= 4 is 6.09 Å². The van der Waals surface area contributed by atoms with Gasteiger partial charge in [-0.1, -0.05) is 19.3 Å². The Morgan fingerprint density at radius 3 is 2.53 bits per heavy atom. The molecular formula is C14H28N2O3. The van der Waals surface area contributed by atoms with Crippen LogP contribution in [0.4, 0.5) is 4.79 Å². The molecule has 19 heavy (non-hydrogen) atoms. The highest BCUT2D eigenvalue weighted by molar-refractivity contribution is 5.66. The number of hydroxylamine groups is 1. The third-order valence-electron chi connectivity index (χ3n) is 3.02. The summed E-state index contributed by atoms with van der Waals surface area (Å²) in [4.78, 5) is 16.3. The SMILES string of the molecule is CC(C)(C)OC(=O)NOCCCNC1CCCCC1. The van der Waals surface area contributed by atoms with Crippen LogP contribution < -0.4 is 10.8 Å². The lowest BCUT2D eigenvalue weighted by atomic mass is 9.95. The van der Waals surface area contributed by atoms with Crippen molar-refractivity contribution in [1.82, 2.24) is 10.8 Å².